The normalized spacial score (nSPS) is 28.3. The molecule has 4 rings (SSSR count). The molecular weight excluding hydrogens is 752 g/mol. The van der Waals surface area contributed by atoms with Gasteiger partial charge < -0.3 is 52.1 Å². The van der Waals surface area contributed by atoms with Crippen LogP contribution in [0, 0.1) is 0 Å². The zero-order chi connectivity index (χ0) is 41.4. The van der Waals surface area contributed by atoms with Crippen molar-refractivity contribution in [3.8, 4) is 0 Å². The zero-order valence-corrected chi connectivity index (χ0v) is 31.2. The van der Waals surface area contributed by atoms with Gasteiger partial charge in [-0.1, -0.05) is 24.3 Å². The minimum absolute atomic E-state index is 0.00675. The van der Waals surface area contributed by atoms with E-state index in [9.17, 15) is 43.2 Å². The van der Waals surface area contributed by atoms with Gasteiger partial charge in [-0.3, -0.25) is 43.2 Å². The molecule has 1 aromatic rings. The second-order valence-electron chi connectivity index (χ2n) is 12.5. The Hall–Kier alpha value is -5.73. The second kappa shape index (κ2) is 18.7. The average molecular weight is 793 g/mol. The first-order valence-electron chi connectivity index (χ1n) is 17.0. The molecule has 56 heavy (non-hydrogen) atoms. The molecule has 1 aromatic carbocycles. The Morgan fingerprint density at radius 3 is 1.43 bits per heavy atom. The second-order valence-corrected chi connectivity index (χ2v) is 12.5. The highest BCUT2D eigenvalue weighted by atomic mass is 16.8. The third-order valence-electron chi connectivity index (χ3n) is 8.05. The molecule has 0 N–H and O–H groups in total. The van der Waals surface area contributed by atoms with Gasteiger partial charge in [0.15, 0.2) is 42.2 Å². The fraction of sp³-hybridized carbons (Fsp3) is 0.528. The summed E-state index contributed by atoms with van der Waals surface area (Å²) in [5.41, 5.74) is 0.0856. The molecule has 0 saturated carbocycles. The summed E-state index contributed by atoms with van der Waals surface area (Å²) in [6, 6.07) is 5.90. The minimum atomic E-state index is -1.89. The van der Waals surface area contributed by atoms with Crippen LogP contribution in [0.4, 0.5) is 0 Å². The van der Waals surface area contributed by atoms with Gasteiger partial charge in [-0.25, -0.2) is 0 Å². The fourth-order valence-electron chi connectivity index (χ4n) is 6.07. The maximum atomic E-state index is 13.5. The van der Waals surface area contributed by atoms with E-state index in [-0.39, 0.29) is 11.1 Å². The Morgan fingerprint density at radius 2 is 0.929 bits per heavy atom. The highest BCUT2D eigenvalue weighted by Crippen LogP contribution is 2.37. The molecule has 0 amide bonds. The summed E-state index contributed by atoms with van der Waals surface area (Å²) >= 11 is 0. The Labute approximate surface area is 318 Å². The molecule has 2 fully saturated rings. The van der Waals surface area contributed by atoms with Crippen molar-refractivity contribution in [3.05, 3.63) is 47.2 Å². The predicted octanol–water partition coefficient (Wildman–Crippen LogP) is 0.586. The monoisotopic (exact) mass is 792 g/mol. The van der Waals surface area contributed by atoms with Crippen molar-refractivity contribution in [3.63, 3.8) is 0 Å². The van der Waals surface area contributed by atoms with Gasteiger partial charge in [0.1, 0.15) is 31.5 Å². The third-order valence-corrected chi connectivity index (χ3v) is 8.05. The zero-order valence-electron chi connectivity index (χ0n) is 31.2. The van der Waals surface area contributed by atoms with Crippen molar-refractivity contribution in [1.29, 1.82) is 0 Å². The van der Waals surface area contributed by atoms with Gasteiger partial charge >= 0.3 is 41.8 Å². The average Bonchev–Trinajstić information content (AvgIpc) is 3.09. The minimum Gasteiger partial charge on any atom is -0.463 e. The van der Waals surface area contributed by atoms with Gasteiger partial charge in [0.2, 0.25) is 18.2 Å². The van der Waals surface area contributed by atoms with Crippen molar-refractivity contribution < 1.29 is 95.3 Å². The SMILES string of the molecule is CC(=O)OC[C@@H]1O[C@@H](OC2=CC(=O)c3ccccc3C2=O)[C@H](OC(C)=O)[C@@H](OC(C)=O)[C@@H]1O[C@H]1O[C@H](COC(C)=O)[C@H](OC(C)=O)[C@H](OC(C)=O)[C@H]1OC(C)=O. The van der Waals surface area contributed by atoms with Crippen LogP contribution in [0.1, 0.15) is 69.2 Å². The lowest BCUT2D eigenvalue weighted by atomic mass is 9.93. The smallest absolute Gasteiger partial charge is 0.303 e. The van der Waals surface area contributed by atoms with Gasteiger partial charge in [-0.2, -0.15) is 0 Å². The number of Topliss-reactive ketones (excluding diaryl/α,β-unsaturated/α-hetero) is 1. The Morgan fingerprint density at radius 1 is 0.518 bits per heavy atom. The maximum absolute atomic E-state index is 13.5. The van der Waals surface area contributed by atoms with Gasteiger partial charge in [-0.05, 0) is 0 Å². The fourth-order valence-corrected chi connectivity index (χ4v) is 6.07. The maximum Gasteiger partial charge on any atom is 0.303 e. The van der Waals surface area contributed by atoms with Crippen LogP contribution in [0.15, 0.2) is 36.1 Å². The van der Waals surface area contributed by atoms with Gasteiger partial charge in [0, 0.05) is 65.7 Å². The van der Waals surface area contributed by atoms with Crippen molar-refractivity contribution >= 4 is 53.4 Å². The molecule has 0 radical (unpaired) electrons. The predicted molar refractivity (Wildman–Crippen MR) is 178 cm³/mol. The largest absolute Gasteiger partial charge is 0.463 e. The lowest BCUT2D eigenvalue weighted by molar-refractivity contribution is -0.358. The van der Waals surface area contributed by atoms with E-state index in [1.807, 2.05) is 0 Å². The lowest BCUT2D eigenvalue weighted by Gasteiger charge is -2.48. The molecule has 2 saturated heterocycles. The van der Waals surface area contributed by atoms with Gasteiger partial charge in [0.25, 0.3) is 0 Å². The standard InChI is InChI=1S/C36H40O20/c1-15(37)46-13-26-29(48-17(3)39)31(49-18(4)40)34(52-21(7)43)36(55-26)56-30-27(14-47-16(2)38)54-35(33(51-20(6)42)32(30)50-19(5)41)53-25-12-24(44)22-10-8-9-11-23(22)28(25)45/h8-12,26-27,29-36H,13-14H2,1-7H3/t26-,27+,29+,30-,31+,32+,33-,34-,35-,36-/m1/s1. The van der Waals surface area contributed by atoms with E-state index >= 15 is 0 Å². The molecule has 0 aromatic heterocycles. The van der Waals surface area contributed by atoms with E-state index in [0.717, 1.165) is 54.5 Å². The van der Waals surface area contributed by atoms with Crippen LogP contribution in [-0.2, 0) is 85.7 Å². The van der Waals surface area contributed by atoms with Crippen molar-refractivity contribution in [2.75, 3.05) is 13.2 Å². The van der Waals surface area contributed by atoms with Gasteiger partial charge in [-0.15, -0.1) is 0 Å². The number of benzene rings is 1. The first-order chi connectivity index (χ1) is 26.4. The topological polar surface area (TPSA) is 255 Å². The van der Waals surface area contributed by atoms with Crippen LogP contribution in [-0.4, -0.2) is 128 Å². The van der Waals surface area contributed by atoms with E-state index in [2.05, 4.69) is 0 Å². The molecule has 0 spiro atoms. The van der Waals surface area contributed by atoms with Crippen molar-refractivity contribution in [2.45, 2.75) is 110 Å². The number of rotatable bonds is 13. The number of hydrogen-bond donors (Lipinski definition) is 0. The summed E-state index contributed by atoms with van der Waals surface area (Å²) in [6.45, 7) is 5.83. The summed E-state index contributed by atoms with van der Waals surface area (Å²) in [5.74, 6) is -8.26. The molecule has 1 aliphatic carbocycles. The number of ketones is 2. The van der Waals surface area contributed by atoms with Crippen LogP contribution < -0.4 is 0 Å². The number of hydrogen-bond acceptors (Lipinski definition) is 20. The molecule has 304 valence electrons. The van der Waals surface area contributed by atoms with E-state index in [0.29, 0.717) is 0 Å². The van der Waals surface area contributed by atoms with Crippen LogP contribution in [0.2, 0.25) is 0 Å². The van der Waals surface area contributed by atoms with Crippen LogP contribution in [0.3, 0.4) is 0 Å². The Balaban J connectivity index is 1.82. The molecule has 0 unspecified atom stereocenters. The first-order valence-corrected chi connectivity index (χ1v) is 17.0. The van der Waals surface area contributed by atoms with E-state index < -0.39 is 134 Å². The Bertz CT molecular complexity index is 1770. The summed E-state index contributed by atoms with van der Waals surface area (Å²) in [5, 5.41) is 0. The molecule has 2 heterocycles. The molecule has 0 bridgehead atoms. The highest BCUT2D eigenvalue weighted by molar-refractivity contribution is 6.23. The van der Waals surface area contributed by atoms with Crippen LogP contribution >= 0.6 is 0 Å². The molecule has 3 aliphatic rings. The number of carbonyl (C=O) groups excluding carboxylic acids is 9. The first kappa shape index (κ1) is 43.0. The van der Waals surface area contributed by atoms with E-state index in [1.165, 1.54) is 18.2 Å². The number of ether oxygens (including phenoxy) is 11. The third kappa shape index (κ3) is 10.9. The van der Waals surface area contributed by atoms with E-state index in [4.69, 9.17) is 52.1 Å². The summed E-state index contributed by atoms with van der Waals surface area (Å²) in [7, 11) is 0. The van der Waals surface area contributed by atoms with Crippen LogP contribution in [0.5, 0.6) is 0 Å². The Kier molecular flexibility index (Phi) is 14.4. The summed E-state index contributed by atoms with van der Waals surface area (Å²) < 4.78 is 62.1. The quantitative estimate of drug-likeness (QED) is 0.196. The summed E-state index contributed by atoms with van der Waals surface area (Å²) in [6.07, 6.45) is -16.3. The number of fused-ring (bicyclic) bond motifs is 1. The van der Waals surface area contributed by atoms with Crippen LogP contribution in [0.25, 0.3) is 0 Å². The molecule has 20 heteroatoms. The molecule has 2 aliphatic heterocycles. The van der Waals surface area contributed by atoms with Crippen molar-refractivity contribution in [1.82, 2.24) is 0 Å². The van der Waals surface area contributed by atoms with Crippen molar-refractivity contribution in [2.24, 2.45) is 0 Å². The molecule has 20 nitrogen and oxygen atoms in total. The van der Waals surface area contributed by atoms with E-state index in [1.54, 1.807) is 6.07 Å². The van der Waals surface area contributed by atoms with Gasteiger partial charge in [0.05, 0.1) is 0 Å². The number of esters is 7. The summed E-state index contributed by atoms with van der Waals surface area (Å²) in [4.78, 5) is 112. The molecule has 10 atom stereocenters. The lowest BCUT2D eigenvalue weighted by Crippen LogP contribution is -2.67. The highest BCUT2D eigenvalue weighted by Gasteiger charge is 2.58. The molecular formula is C36H40O20. The number of carbonyl (C=O) groups is 9. The number of allylic oxidation sites excluding steroid dienone is 2.